The molecule has 144 valence electrons. The first-order valence-electron chi connectivity index (χ1n) is 9.35. The van der Waals surface area contributed by atoms with Crippen molar-refractivity contribution in [3.05, 3.63) is 0 Å². The van der Waals surface area contributed by atoms with Crippen LogP contribution in [0.15, 0.2) is 4.99 Å². The van der Waals surface area contributed by atoms with Crippen molar-refractivity contribution in [3.8, 4) is 0 Å². The quantitative estimate of drug-likeness (QED) is 0.565. The van der Waals surface area contributed by atoms with Gasteiger partial charge in [0.15, 0.2) is 5.96 Å². The monoisotopic (exact) mass is 354 g/mol. The highest BCUT2D eigenvalue weighted by atomic mass is 16.6. The molecule has 2 fully saturated rings. The van der Waals surface area contributed by atoms with Crippen molar-refractivity contribution in [1.29, 1.82) is 0 Å². The minimum absolute atomic E-state index is 0.214. The Kier molecular flexibility index (Phi) is 7.77. The molecule has 0 bridgehead atoms. The van der Waals surface area contributed by atoms with Gasteiger partial charge in [0.05, 0.1) is 6.61 Å². The van der Waals surface area contributed by atoms with E-state index in [1.54, 1.807) is 4.90 Å². The fraction of sp³-hybridized carbons (Fsp3) is 0.882. The molecule has 1 amide bonds. The van der Waals surface area contributed by atoms with Gasteiger partial charge in [-0.25, -0.2) is 4.79 Å². The molecule has 2 saturated heterocycles. The molecular weight excluding hydrogens is 320 g/mol. The molecule has 8 heteroatoms. The molecule has 0 aromatic rings. The van der Waals surface area contributed by atoms with Gasteiger partial charge in [-0.3, -0.25) is 9.89 Å². The Morgan fingerprint density at radius 3 is 2.24 bits per heavy atom. The van der Waals surface area contributed by atoms with Crippen LogP contribution >= 0.6 is 0 Å². The van der Waals surface area contributed by atoms with Gasteiger partial charge in [0, 0.05) is 72.0 Å². The number of hydrogen-bond donors (Lipinski definition) is 1. The second-order valence-corrected chi connectivity index (χ2v) is 6.79. The molecule has 25 heavy (non-hydrogen) atoms. The van der Waals surface area contributed by atoms with Crippen LogP contribution < -0.4 is 5.32 Å². The van der Waals surface area contributed by atoms with E-state index in [0.29, 0.717) is 25.7 Å². The van der Waals surface area contributed by atoms with Gasteiger partial charge in [-0.1, -0.05) is 0 Å². The van der Waals surface area contributed by atoms with E-state index in [0.717, 1.165) is 51.8 Å². The molecule has 0 aliphatic carbocycles. The number of aliphatic imine (C=N–C) groups is 1. The first-order chi connectivity index (χ1) is 12.0. The van der Waals surface area contributed by atoms with E-state index in [4.69, 9.17) is 4.74 Å². The Balaban J connectivity index is 1.74. The molecule has 2 heterocycles. The molecular formula is C17H34N6O2. The lowest BCUT2D eigenvalue weighted by atomic mass is 10.2. The molecule has 0 spiro atoms. The summed E-state index contributed by atoms with van der Waals surface area (Å²) in [6.07, 6.45) is -0.214. The van der Waals surface area contributed by atoms with Crippen molar-refractivity contribution in [2.45, 2.75) is 19.9 Å². The minimum Gasteiger partial charge on any atom is -0.450 e. The SMILES string of the molecule is CCOC(=O)N1CCN(C(=NC)NCC(C)N2CCN(C)CC2)CC1. The lowest BCUT2D eigenvalue weighted by Crippen LogP contribution is -2.56. The van der Waals surface area contributed by atoms with Crippen molar-refractivity contribution in [2.24, 2.45) is 4.99 Å². The Hall–Kier alpha value is -1.54. The topological polar surface area (TPSA) is 63.7 Å². The number of carbonyl (C=O) groups is 1. The highest BCUT2D eigenvalue weighted by molar-refractivity contribution is 5.80. The van der Waals surface area contributed by atoms with Crippen LogP contribution in [-0.4, -0.2) is 117 Å². The number of piperazine rings is 2. The second-order valence-electron chi connectivity index (χ2n) is 6.79. The molecule has 0 radical (unpaired) electrons. The number of ether oxygens (including phenoxy) is 1. The first-order valence-corrected chi connectivity index (χ1v) is 9.35. The molecule has 8 nitrogen and oxygen atoms in total. The van der Waals surface area contributed by atoms with Gasteiger partial charge in [-0.05, 0) is 20.9 Å². The summed E-state index contributed by atoms with van der Waals surface area (Å²) in [4.78, 5) is 25.1. The van der Waals surface area contributed by atoms with E-state index in [2.05, 4.69) is 39.0 Å². The second kappa shape index (κ2) is 9.82. The van der Waals surface area contributed by atoms with Gasteiger partial charge in [0.1, 0.15) is 0 Å². The normalized spacial score (nSPS) is 22.0. The number of likely N-dealkylation sites (N-methyl/N-ethyl adjacent to an activating group) is 1. The zero-order chi connectivity index (χ0) is 18.2. The Bertz CT molecular complexity index is 442. The maximum Gasteiger partial charge on any atom is 0.409 e. The summed E-state index contributed by atoms with van der Waals surface area (Å²) in [5.41, 5.74) is 0. The van der Waals surface area contributed by atoms with Gasteiger partial charge < -0.3 is 24.8 Å². The van der Waals surface area contributed by atoms with E-state index >= 15 is 0 Å². The fourth-order valence-electron chi connectivity index (χ4n) is 3.28. The highest BCUT2D eigenvalue weighted by Crippen LogP contribution is 2.06. The van der Waals surface area contributed by atoms with Crippen molar-refractivity contribution in [1.82, 2.24) is 24.9 Å². The Morgan fingerprint density at radius 2 is 1.68 bits per heavy atom. The lowest BCUT2D eigenvalue weighted by molar-refractivity contribution is 0.0911. The molecule has 2 rings (SSSR count). The van der Waals surface area contributed by atoms with Crippen LogP contribution in [0.5, 0.6) is 0 Å². The minimum atomic E-state index is -0.214. The van der Waals surface area contributed by atoms with E-state index in [-0.39, 0.29) is 6.09 Å². The average molecular weight is 354 g/mol. The van der Waals surface area contributed by atoms with Gasteiger partial charge in [0.2, 0.25) is 0 Å². The third kappa shape index (κ3) is 5.74. The summed E-state index contributed by atoms with van der Waals surface area (Å²) < 4.78 is 5.07. The van der Waals surface area contributed by atoms with E-state index in [1.165, 1.54) is 0 Å². The van der Waals surface area contributed by atoms with E-state index in [9.17, 15) is 4.79 Å². The summed E-state index contributed by atoms with van der Waals surface area (Å²) in [6, 6.07) is 0.478. The Labute approximate surface area is 151 Å². The molecule has 1 N–H and O–H groups in total. The predicted octanol–water partition coefficient (Wildman–Crippen LogP) is -0.0282. The van der Waals surface area contributed by atoms with Crippen molar-refractivity contribution >= 4 is 12.1 Å². The maximum absolute atomic E-state index is 11.8. The molecule has 0 aromatic carbocycles. The largest absolute Gasteiger partial charge is 0.450 e. The van der Waals surface area contributed by atoms with Crippen LogP contribution in [0.2, 0.25) is 0 Å². The van der Waals surface area contributed by atoms with Crippen LogP contribution in [-0.2, 0) is 4.74 Å². The van der Waals surface area contributed by atoms with Gasteiger partial charge in [0.25, 0.3) is 0 Å². The van der Waals surface area contributed by atoms with E-state index in [1.807, 2.05) is 14.0 Å². The third-order valence-electron chi connectivity index (χ3n) is 5.03. The summed E-state index contributed by atoms with van der Waals surface area (Å²) >= 11 is 0. The van der Waals surface area contributed by atoms with Crippen LogP contribution in [0.3, 0.4) is 0 Å². The van der Waals surface area contributed by atoms with Crippen molar-refractivity contribution in [3.63, 3.8) is 0 Å². The van der Waals surface area contributed by atoms with Crippen molar-refractivity contribution < 1.29 is 9.53 Å². The third-order valence-corrected chi connectivity index (χ3v) is 5.03. The number of amides is 1. The number of carbonyl (C=O) groups excluding carboxylic acids is 1. The molecule has 0 saturated carbocycles. The number of guanidine groups is 1. The van der Waals surface area contributed by atoms with Crippen LogP contribution in [0.25, 0.3) is 0 Å². The van der Waals surface area contributed by atoms with E-state index < -0.39 is 0 Å². The summed E-state index contributed by atoms with van der Waals surface area (Å²) in [6.45, 7) is 12.8. The maximum atomic E-state index is 11.8. The number of nitrogens with zero attached hydrogens (tertiary/aromatic N) is 5. The highest BCUT2D eigenvalue weighted by Gasteiger charge is 2.24. The summed E-state index contributed by atoms with van der Waals surface area (Å²) in [5.74, 6) is 0.921. The smallest absolute Gasteiger partial charge is 0.409 e. The summed E-state index contributed by atoms with van der Waals surface area (Å²) in [7, 11) is 4.00. The standard InChI is InChI=1S/C17H34N6O2/c1-5-25-17(24)23-12-10-22(11-13-23)16(18-3)19-14-15(2)21-8-6-20(4)7-9-21/h15H,5-14H2,1-4H3,(H,18,19). The molecule has 1 atom stereocenters. The predicted molar refractivity (Wildman–Crippen MR) is 100 cm³/mol. The van der Waals surface area contributed by atoms with Crippen molar-refractivity contribution in [2.75, 3.05) is 79.6 Å². The van der Waals surface area contributed by atoms with Crippen LogP contribution in [0.4, 0.5) is 4.79 Å². The first kappa shape index (κ1) is 19.8. The lowest BCUT2D eigenvalue weighted by Gasteiger charge is -2.38. The zero-order valence-corrected chi connectivity index (χ0v) is 16.2. The fourth-order valence-corrected chi connectivity index (χ4v) is 3.28. The number of rotatable bonds is 4. The average Bonchev–Trinajstić information content (AvgIpc) is 2.63. The molecule has 0 aromatic heterocycles. The van der Waals surface area contributed by atoms with Crippen LogP contribution in [0.1, 0.15) is 13.8 Å². The van der Waals surface area contributed by atoms with Gasteiger partial charge in [-0.15, -0.1) is 0 Å². The number of nitrogens with one attached hydrogen (secondary N) is 1. The Morgan fingerprint density at radius 1 is 1.08 bits per heavy atom. The van der Waals surface area contributed by atoms with Crippen LogP contribution in [0, 0.1) is 0 Å². The summed E-state index contributed by atoms with van der Waals surface area (Å²) in [5, 5.41) is 3.50. The number of hydrogen-bond acceptors (Lipinski definition) is 5. The van der Waals surface area contributed by atoms with Gasteiger partial charge >= 0.3 is 6.09 Å². The molecule has 2 aliphatic heterocycles. The van der Waals surface area contributed by atoms with Gasteiger partial charge in [-0.2, -0.15) is 0 Å². The molecule has 1 unspecified atom stereocenters. The molecule has 2 aliphatic rings. The zero-order valence-electron chi connectivity index (χ0n) is 16.2.